The second-order valence-corrected chi connectivity index (χ2v) is 7.25. The molecule has 0 aromatic rings. The number of likely N-dealkylation sites (tertiary alicyclic amines) is 1. The van der Waals surface area contributed by atoms with Crippen molar-refractivity contribution >= 4 is 29.9 Å². The molecule has 0 spiro atoms. The van der Waals surface area contributed by atoms with Crippen molar-refractivity contribution in [2.24, 2.45) is 16.3 Å². The maximum absolute atomic E-state index is 12.6. The topological polar surface area (TPSA) is 40.1 Å². The van der Waals surface area contributed by atoms with Crippen LogP contribution in [0.3, 0.4) is 0 Å². The van der Waals surface area contributed by atoms with Crippen LogP contribution >= 0.6 is 24.0 Å². The molecule has 2 fully saturated rings. The molecule has 148 valence electrons. The van der Waals surface area contributed by atoms with E-state index in [1.165, 1.54) is 4.90 Å². The number of halogens is 4. The lowest BCUT2D eigenvalue weighted by molar-refractivity contribution is -0.146. The van der Waals surface area contributed by atoms with E-state index in [0.717, 1.165) is 45.2 Å². The quantitative estimate of drug-likeness (QED) is 0.362. The molecule has 25 heavy (non-hydrogen) atoms. The third-order valence-electron chi connectivity index (χ3n) is 4.74. The molecule has 2 aliphatic rings. The van der Waals surface area contributed by atoms with Gasteiger partial charge in [-0.05, 0) is 18.9 Å². The van der Waals surface area contributed by atoms with Gasteiger partial charge in [0.2, 0.25) is 0 Å². The third kappa shape index (κ3) is 7.09. The first-order chi connectivity index (χ1) is 11.2. The molecule has 1 unspecified atom stereocenters. The fourth-order valence-corrected chi connectivity index (χ4v) is 3.28. The highest BCUT2D eigenvalue weighted by molar-refractivity contribution is 14.0. The van der Waals surface area contributed by atoms with Crippen LogP contribution in [0.4, 0.5) is 13.2 Å². The Morgan fingerprint density at radius 2 is 2.08 bits per heavy atom. The Morgan fingerprint density at radius 3 is 2.56 bits per heavy atom. The van der Waals surface area contributed by atoms with Crippen LogP contribution in [0, 0.1) is 11.3 Å². The van der Waals surface area contributed by atoms with Crippen molar-refractivity contribution < 1.29 is 17.9 Å². The molecule has 0 aromatic heterocycles. The van der Waals surface area contributed by atoms with E-state index in [9.17, 15) is 13.2 Å². The normalized spacial score (nSPS) is 23.4. The minimum Gasteiger partial charge on any atom is -0.380 e. The zero-order chi connectivity index (χ0) is 17.8. The van der Waals surface area contributed by atoms with Crippen molar-refractivity contribution in [1.29, 1.82) is 0 Å². The van der Waals surface area contributed by atoms with Crippen molar-refractivity contribution in [3.05, 3.63) is 0 Å². The van der Waals surface area contributed by atoms with Crippen LogP contribution in [0.15, 0.2) is 4.99 Å². The maximum atomic E-state index is 12.6. The molecule has 5 nitrogen and oxygen atoms in total. The minimum atomic E-state index is -4.13. The van der Waals surface area contributed by atoms with Gasteiger partial charge in [-0.25, -0.2) is 0 Å². The summed E-state index contributed by atoms with van der Waals surface area (Å²) in [6, 6.07) is 0. The van der Waals surface area contributed by atoms with Gasteiger partial charge in [0.15, 0.2) is 5.96 Å². The molecule has 0 saturated carbocycles. The van der Waals surface area contributed by atoms with Gasteiger partial charge in [0.05, 0.1) is 19.8 Å². The summed E-state index contributed by atoms with van der Waals surface area (Å²) in [7, 11) is 1.75. The lowest BCUT2D eigenvalue weighted by Gasteiger charge is -2.39. The van der Waals surface area contributed by atoms with E-state index in [-0.39, 0.29) is 35.3 Å². The molecular weight excluding hydrogens is 448 g/mol. The van der Waals surface area contributed by atoms with Crippen molar-refractivity contribution in [3.8, 4) is 0 Å². The molecule has 0 aromatic carbocycles. The summed E-state index contributed by atoms with van der Waals surface area (Å²) in [6.45, 7) is 7.91. The number of aliphatic imine (C=N–C) groups is 1. The smallest absolute Gasteiger partial charge is 0.380 e. The van der Waals surface area contributed by atoms with E-state index in [4.69, 9.17) is 4.74 Å². The summed E-state index contributed by atoms with van der Waals surface area (Å²) in [6.07, 6.45) is -3.23. The summed E-state index contributed by atoms with van der Waals surface area (Å²) < 4.78 is 43.0. The van der Waals surface area contributed by atoms with Crippen LogP contribution < -0.4 is 5.32 Å². The summed E-state index contributed by atoms with van der Waals surface area (Å²) in [5.74, 6) is 1.08. The Hall–Kier alpha value is -0.290. The van der Waals surface area contributed by atoms with Gasteiger partial charge in [-0.3, -0.25) is 9.89 Å². The molecule has 0 amide bonds. The molecule has 0 aliphatic carbocycles. The van der Waals surface area contributed by atoms with Gasteiger partial charge in [-0.2, -0.15) is 13.2 Å². The molecule has 2 heterocycles. The van der Waals surface area contributed by atoms with Crippen LogP contribution in [0.5, 0.6) is 0 Å². The van der Waals surface area contributed by atoms with Gasteiger partial charge in [0.25, 0.3) is 0 Å². The Bertz CT molecular complexity index is 444. The number of nitrogens with zero attached hydrogens (tertiary/aromatic N) is 3. The molecule has 0 radical (unpaired) electrons. The van der Waals surface area contributed by atoms with Gasteiger partial charge in [0, 0.05) is 38.6 Å². The lowest BCUT2D eigenvalue weighted by atomic mass is 9.89. The van der Waals surface area contributed by atoms with E-state index in [1.54, 1.807) is 14.0 Å². The average molecular weight is 478 g/mol. The molecule has 0 bridgehead atoms. The Balaban J connectivity index is 0.00000312. The molecule has 2 aliphatic heterocycles. The highest BCUT2D eigenvalue weighted by Crippen LogP contribution is 2.26. The number of nitrogens with one attached hydrogen (secondary N) is 1. The van der Waals surface area contributed by atoms with E-state index >= 15 is 0 Å². The number of hydrogen-bond acceptors (Lipinski definition) is 3. The maximum Gasteiger partial charge on any atom is 0.401 e. The predicted molar refractivity (Wildman–Crippen MR) is 104 cm³/mol. The highest BCUT2D eigenvalue weighted by Gasteiger charge is 2.35. The van der Waals surface area contributed by atoms with Gasteiger partial charge < -0.3 is 15.0 Å². The summed E-state index contributed by atoms with van der Waals surface area (Å²) in [5, 5.41) is 3.38. The first-order valence-electron chi connectivity index (χ1n) is 8.57. The summed E-state index contributed by atoms with van der Waals surface area (Å²) >= 11 is 0. The molecular formula is C16H30F3IN4O. The highest BCUT2D eigenvalue weighted by atomic mass is 127. The number of ether oxygens (including phenoxy) is 1. The van der Waals surface area contributed by atoms with Crippen LogP contribution in [-0.4, -0.2) is 81.5 Å². The van der Waals surface area contributed by atoms with Gasteiger partial charge >= 0.3 is 6.18 Å². The SMILES string of the molecule is CCN(CC1CCN(C(=NC)NCC2(C)COC2)C1)CC(F)(F)F.I. The number of rotatable bonds is 6. The minimum absolute atomic E-state index is 0. The molecule has 2 saturated heterocycles. The van der Waals surface area contributed by atoms with E-state index < -0.39 is 12.7 Å². The molecule has 9 heteroatoms. The van der Waals surface area contributed by atoms with Crippen molar-refractivity contribution in [1.82, 2.24) is 15.1 Å². The Morgan fingerprint density at radius 1 is 1.40 bits per heavy atom. The lowest BCUT2D eigenvalue weighted by Crippen LogP contribution is -2.51. The third-order valence-corrected chi connectivity index (χ3v) is 4.74. The molecule has 2 rings (SSSR count). The first kappa shape index (κ1) is 22.8. The Kier molecular flexibility index (Phi) is 8.73. The average Bonchev–Trinajstić information content (AvgIpc) is 2.92. The number of guanidine groups is 1. The van der Waals surface area contributed by atoms with Gasteiger partial charge in [-0.15, -0.1) is 24.0 Å². The monoisotopic (exact) mass is 478 g/mol. The summed E-state index contributed by atoms with van der Waals surface area (Å²) in [4.78, 5) is 7.95. The van der Waals surface area contributed by atoms with E-state index in [2.05, 4.69) is 22.1 Å². The second-order valence-electron chi connectivity index (χ2n) is 7.25. The van der Waals surface area contributed by atoms with Crippen LogP contribution in [0.2, 0.25) is 0 Å². The number of hydrogen-bond donors (Lipinski definition) is 1. The van der Waals surface area contributed by atoms with Crippen LogP contribution in [-0.2, 0) is 4.74 Å². The second kappa shape index (κ2) is 9.59. The van der Waals surface area contributed by atoms with Crippen LogP contribution in [0.25, 0.3) is 0 Å². The predicted octanol–water partition coefficient (Wildman–Crippen LogP) is 2.42. The Labute approximate surface area is 165 Å². The first-order valence-corrected chi connectivity index (χ1v) is 8.57. The number of alkyl halides is 3. The zero-order valence-electron chi connectivity index (χ0n) is 15.2. The fourth-order valence-electron chi connectivity index (χ4n) is 3.28. The van der Waals surface area contributed by atoms with Gasteiger partial charge in [-0.1, -0.05) is 13.8 Å². The van der Waals surface area contributed by atoms with Crippen molar-refractivity contribution in [2.75, 3.05) is 59.5 Å². The largest absolute Gasteiger partial charge is 0.401 e. The van der Waals surface area contributed by atoms with E-state index in [0.29, 0.717) is 13.1 Å². The molecule has 1 N–H and O–H groups in total. The van der Waals surface area contributed by atoms with Crippen molar-refractivity contribution in [2.45, 2.75) is 26.4 Å². The zero-order valence-corrected chi connectivity index (χ0v) is 17.6. The van der Waals surface area contributed by atoms with E-state index in [1.807, 2.05) is 0 Å². The molecule has 1 atom stereocenters. The summed E-state index contributed by atoms with van der Waals surface area (Å²) in [5.41, 5.74) is 0.154. The fraction of sp³-hybridized carbons (Fsp3) is 0.938. The van der Waals surface area contributed by atoms with Gasteiger partial charge in [0.1, 0.15) is 0 Å². The standard InChI is InChI=1S/C16H29F3N4O.HI/c1-4-22(10-16(17,18)19)7-13-5-6-23(8-13)14(20-3)21-9-15(2)11-24-12-15;/h13H,4-12H2,1-3H3,(H,20,21);1H. The van der Waals surface area contributed by atoms with Crippen LogP contribution in [0.1, 0.15) is 20.3 Å². The van der Waals surface area contributed by atoms with Crippen molar-refractivity contribution in [3.63, 3.8) is 0 Å².